The Morgan fingerprint density at radius 1 is 1.31 bits per heavy atom. The van der Waals surface area contributed by atoms with Gasteiger partial charge in [-0.2, -0.15) is 9.97 Å². The quantitative estimate of drug-likeness (QED) is 0.253. The number of ether oxygens (including phenoxy) is 2. The molecule has 0 aromatic carbocycles. The van der Waals surface area contributed by atoms with Gasteiger partial charge in [-0.1, -0.05) is 0 Å². The summed E-state index contributed by atoms with van der Waals surface area (Å²) in [7, 11) is 0. The lowest BCUT2D eigenvalue weighted by atomic mass is 10.1. The number of nitrogens with one attached hydrogen (secondary N) is 2. The molecular formula is C14H21N7O5. The van der Waals surface area contributed by atoms with E-state index in [1.807, 2.05) is 0 Å². The summed E-state index contributed by atoms with van der Waals surface area (Å²) in [6.45, 7) is 0.817. The molecule has 5 atom stereocenters. The third-order valence-electron chi connectivity index (χ3n) is 4.61. The van der Waals surface area contributed by atoms with E-state index in [-0.39, 0.29) is 12.0 Å². The molecule has 0 aliphatic carbocycles. The topological polar surface area (TPSA) is 173 Å². The number of hydrogen-bond donors (Lipinski definition) is 6. The molecule has 0 saturated carbocycles. The van der Waals surface area contributed by atoms with Crippen LogP contribution in [0.2, 0.25) is 0 Å². The van der Waals surface area contributed by atoms with Crippen molar-refractivity contribution in [3.05, 3.63) is 6.33 Å². The Kier molecular flexibility index (Phi) is 4.60. The van der Waals surface area contributed by atoms with E-state index in [4.69, 9.17) is 15.3 Å². The van der Waals surface area contributed by atoms with Crippen LogP contribution in [-0.4, -0.2) is 79.0 Å². The van der Waals surface area contributed by atoms with Gasteiger partial charge in [-0.25, -0.2) is 10.8 Å². The zero-order valence-corrected chi connectivity index (χ0v) is 13.8. The first-order valence-electron chi connectivity index (χ1n) is 8.30. The molecule has 2 aromatic heterocycles. The highest BCUT2D eigenvalue weighted by atomic mass is 16.6. The van der Waals surface area contributed by atoms with Crippen LogP contribution in [0.4, 0.5) is 11.8 Å². The van der Waals surface area contributed by atoms with Gasteiger partial charge < -0.3 is 30.1 Å². The first kappa shape index (κ1) is 17.3. The molecule has 12 heteroatoms. The molecule has 7 N–H and O–H groups in total. The Morgan fingerprint density at radius 3 is 2.81 bits per heavy atom. The van der Waals surface area contributed by atoms with Gasteiger partial charge in [0.15, 0.2) is 23.2 Å². The van der Waals surface area contributed by atoms with E-state index in [0.29, 0.717) is 30.2 Å². The average Bonchev–Trinajstić information content (AvgIpc) is 3.36. The summed E-state index contributed by atoms with van der Waals surface area (Å²) in [6.07, 6.45) is -2.02. The van der Waals surface area contributed by atoms with E-state index < -0.39 is 31.1 Å². The lowest BCUT2D eigenvalue weighted by Gasteiger charge is -2.17. The fourth-order valence-electron chi connectivity index (χ4n) is 3.22. The van der Waals surface area contributed by atoms with Crippen LogP contribution in [0.15, 0.2) is 6.33 Å². The number of aliphatic hydroxyl groups is 3. The summed E-state index contributed by atoms with van der Waals surface area (Å²) in [6, 6.07) is 0.0952. The third kappa shape index (κ3) is 2.86. The van der Waals surface area contributed by atoms with Gasteiger partial charge in [0.1, 0.15) is 18.3 Å². The van der Waals surface area contributed by atoms with Gasteiger partial charge in [0.25, 0.3) is 0 Å². The number of nitrogens with two attached hydrogens (primary N) is 1. The molecule has 0 bridgehead atoms. The summed E-state index contributed by atoms with van der Waals surface area (Å²) in [4.78, 5) is 12.9. The average molecular weight is 367 g/mol. The number of fused-ring (bicyclic) bond motifs is 1. The number of aliphatic hydroxyl groups excluding tert-OH is 3. The number of aromatic nitrogens is 4. The lowest BCUT2D eigenvalue weighted by molar-refractivity contribution is -0.0511. The SMILES string of the molecule is NNc1nc(NC2CCOC2)c2ncn([C@@H]3O[C@H](CO)[C@H](O)[C@@H]3O)c2n1. The van der Waals surface area contributed by atoms with Crippen molar-refractivity contribution in [2.75, 3.05) is 30.6 Å². The van der Waals surface area contributed by atoms with Crippen molar-refractivity contribution in [3.63, 3.8) is 0 Å². The summed E-state index contributed by atoms with van der Waals surface area (Å²) < 4.78 is 12.4. The minimum atomic E-state index is -1.24. The maximum atomic E-state index is 10.3. The Hall–Kier alpha value is -2.09. The van der Waals surface area contributed by atoms with Crippen LogP contribution < -0.4 is 16.6 Å². The van der Waals surface area contributed by atoms with Crippen molar-refractivity contribution in [1.82, 2.24) is 19.5 Å². The highest BCUT2D eigenvalue weighted by molar-refractivity contribution is 5.84. The number of imidazole rings is 1. The Balaban J connectivity index is 1.72. The van der Waals surface area contributed by atoms with Gasteiger partial charge in [0, 0.05) is 6.61 Å². The van der Waals surface area contributed by atoms with Crippen molar-refractivity contribution in [2.24, 2.45) is 5.84 Å². The standard InChI is InChI=1S/C14H21N7O5/c15-20-14-18-11(17-6-1-2-25-4-6)8-12(19-14)21(5-16-8)13-10(24)9(23)7(3-22)26-13/h5-7,9-10,13,22-24H,1-4,15H2,(H2,17,18,19,20)/t6?,7-,9+,10+,13-/m1/s1. The molecule has 2 fully saturated rings. The van der Waals surface area contributed by atoms with E-state index in [1.54, 1.807) is 0 Å². The number of hydrazine groups is 1. The molecule has 0 amide bonds. The molecule has 12 nitrogen and oxygen atoms in total. The summed E-state index contributed by atoms with van der Waals surface area (Å²) in [5.74, 6) is 6.11. The van der Waals surface area contributed by atoms with E-state index in [0.717, 1.165) is 6.42 Å². The molecular weight excluding hydrogens is 346 g/mol. The van der Waals surface area contributed by atoms with Gasteiger partial charge >= 0.3 is 0 Å². The number of anilines is 2. The van der Waals surface area contributed by atoms with E-state index in [2.05, 4.69) is 25.7 Å². The predicted octanol–water partition coefficient (Wildman–Crippen LogP) is -2.08. The molecule has 0 radical (unpaired) electrons. The Bertz CT molecular complexity index is 780. The van der Waals surface area contributed by atoms with Crippen molar-refractivity contribution in [2.45, 2.75) is 37.0 Å². The second-order valence-corrected chi connectivity index (χ2v) is 6.30. The predicted molar refractivity (Wildman–Crippen MR) is 89.0 cm³/mol. The molecule has 4 rings (SSSR count). The molecule has 2 aliphatic heterocycles. The molecule has 142 valence electrons. The largest absolute Gasteiger partial charge is 0.394 e. The van der Waals surface area contributed by atoms with Crippen LogP contribution in [0.25, 0.3) is 11.2 Å². The molecule has 0 spiro atoms. The normalized spacial score (nSPS) is 31.6. The minimum Gasteiger partial charge on any atom is -0.394 e. The zero-order chi connectivity index (χ0) is 18.3. The van der Waals surface area contributed by atoms with Crippen molar-refractivity contribution in [3.8, 4) is 0 Å². The van der Waals surface area contributed by atoms with Crippen LogP contribution in [-0.2, 0) is 9.47 Å². The van der Waals surface area contributed by atoms with Crippen molar-refractivity contribution >= 4 is 22.9 Å². The first-order chi connectivity index (χ1) is 12.6. The van der Waals surface area contributed by atoms with E-state index >= 15 is 0 Å². The molecule has 2 aliphatic rings. The van der Waals surface area contributed by atoms with Gasteiger partial charge in [-0.15, -0.1) is 0 Å². The molecule has 1 unspecified atom stereocenters. The maximum absolute atomic E-state index is 10.3. The maximum Gasteiger partial charge on any atom is 0.241 e. The molecule has 26 heavy (non-hydrogen) atoms. The molecule has 4 heterocycles. The fraction of sp³-hybridized carbons (Fsp3) is 0.643. The van der Waals surface area contributed by atoms with E-state index in [9.17, 15) is 15.3 Å². The summed E-state index contributed by atoms with van der Waals surface area (Å²) in [5.41, 5.74) is 3.24. The van der Waals surface area contributed by atoms with Crippen LogP contribution in [0, 0.1) is 0 Å². The number of nitrogens with zero attached hydrogens (tertiary/aromatic N) is 4. The summed E-state index contributed by atoms with van der Waals surface area (Å²) in [5, 5.41) is 32.8. The Morgan fingerprint density at radius 2 is 2.15 bits per heavy atom. The van der Waals surface area contributed by atoms with E-state index in [1.165, 1.54) is 10.9 Å². The third-order valence-corrected chi connectivity index (χ3v) is 4.61. The monoisotopic (exact) mass is 367 g/mol. The van der Waals surface area contributed by atoms with Gasteiger partial charge in [0.05, 0.1) is 25.6 Å². The lowest BCUT2D eigenvalue weighted by Crippen LogP contribution is -2.33. The Labute approximate surface area is 147 Å². The number of hydrogen-bond acceptors (Lipinski definition) is 11. The second-order valence-electron chi connectivity index (χ2n) is 6.30. The molecule has 2 aromatic rings. The fourth-order valence-corrected chi connectivity index (χ4v) is 3.22. The number of nitrogen functional groups attached to an aromatic ring is 1. The van der Waals surface area contributed by atoms with Crippen molar-refractivity contribution in [1.29, 1.82) is 0 Å². The molecule has 2 saturated heterocycles. The second kappa shape index (κ2) is 6.90. The van der Waals surface area contributed by atoms with Gasteiger partial charge in [0.2, 0.25) is 5.95 Å². The minimum absolute atomic E-state index is 0.0952. The first-order valence-corrected chi connectivity index (χ1v) is 8.30. The van der Waals surface area contributed by atoms with Gasteiger partial charge in [-0.05, 0) is 6.42 Å². The smallest absolute Gasteiger partial charge is 0.241 e. The van der Waals surface area contributed by atoms with Crippen LogP contribution in [0.1, 0.15) is 12.6 Å². The summed E-state index contributed by atoms with van der Waals surface area (Å²) >= 11 is 0. The highest BCUT2D eigenvalue weighted by Crippen LogP contribution is 2.33. The van der Waals surface area contributed by atoms with Crippen LogP contribution in [0.3, 0.4) is 0 Å². The number of rotatable bonds is 5. The van der Waals surface area contributed by atoms with Crippen molar-refractivity contribution < 1.29 is 24.8 Å². The van der Waals surface area contributed by atoms with Gasteiger partial charge in [-0.3, -0.25) is 9.99 Å². The van der Waals surface area contributed by atoms with Crippen LogP contribution >= 0.6 is 0 Å². The highest BCUT2D eigenvalue weighted by Gasteiger charge is 2.44. The van der Waals surface area contributed by atoms with Crippen LogP contribution in [0.5, 0.6) is 0 Å². The zero-order valence-electron chi connectivity index (χ0n) is 13.8.